The maximum atomic E-state index is 12.9. The fraction of sp³-hybridized carbons (Fsp3) is 0.455. The van der Waals surface area contributed by atoms with Gasteiger partial charge in [-0.25, -0.2) is 19.3 Å². The van der Waals surface area contributed by atoms with Crippen LogP contribution in [-0.4, -0.2) is 26.4 Å². The highest BCUT2D eigenvalue weighted by atomic mass is 32.2. The molecule has 2 aliphatic rings. The van der Waals surface area contributed by atoms with Gasteiger partial charge in [0.15, 0.2) is 9.84 Å². The lowest BCUT2D eigenvalue weighted by molar-refractivity contribution is -0.160. The summed E-state index contributed by atoms with van der Waals surface area (Å²) in [4.78, 5) is 0.119. The van der Waals surface area contributed by atoms with Crippen LogP contribution < -0.4 is 10.9 Å². The maximum absolute atomic E-state index is 12.9. The van der Waals surface area contributed by atoms with Crippen LogP contribution in [0.2, 0.25) is 0 Å². The van der Waals surface area contributed by atoms with Gasteiger partial charge in [-0.3, -0.25) is 0 Å². The van der Waals surface area contributed by atoms with Crippen molar-refractivity contribution in [2.24, 2.45) is 5.92 Å². The number of rotatable bonds is 0. The van der Waals surface area contributed by atoms with Gasteiger partial charge in [0.05, 0.1) is 16.7 Å². The molecule has 8 heteroatoms. The molecule has 1 saturated heterocycles. The van der Waals surface area contributed by atoms with Crippen LogP contribution in [0.1, 0.15) is 11.6 Å². The van der Waals surface area contributed by atoms with Crippen LogP contribution in [-0.2, 0) is 9.84 Å². The zero-order valence-corrected chi connectivity index (χ0v) is 10.4. The molecule has 4 nitrogen and oxygen atoms in total. The topological polar surface area (TPSA) is 58.2 Å². The standard InChI is InChI=1S/C11H11F3N2O2S/c12-11(13,14)10-7-5-19(17,18)8-4-2-1-3-6(8)9(7)15-16-10/h1-4,7,9-10,15-16H,5H2. The van der Waals surface area contributed by atoms with Gasteiger partial charge in [-0.15, -0.1) is 0 Å². The lowest BCUT2D eigenvalue weighted by Crippen LogP contribution is -2.45. The van der Waals surface area contributed by atoms with Gasteiger partial charge in [-0.05, 0) is 11.6 Å². The quantitative estimate of drug-likeness (QED) is 0.753. The molecule has 2 aliphatic heterocycles. The number of alkyl halides is 3. The van der Waals surface area contributed by atoms with E-state index in [1.165, 1.54) is 6.07 Å². The van der Waals surface area contributed by atoms with Crippen molar-refractivity contribution in [2.45, 2.75) is 23.2 Å². The van der Waals surface area contributed by atoms with E-state index in [1.807, 2.05) is 0 Å². The van der Waals surface area contributed by atoms with E-state index in [1.54, 1.807) is 18.2 Å². The summed E-state index contributed by atoms with van der Waals surface area (Å²) in [5, 5.41) is 0. The molecule has 0 bridgehead atoms. The van der Waals surface area contributed by atoms with E-state index >= 15 is 0 Å². The fourth-order valence-electron chi connectivity index (χ4n) is 2.78. The van der Waals surface area contributed by atoms with Crippen molar-refractivity contribution in [1.29, 1.82) is 0 Å². The summed E-state index contributed by atoms with van der Waals surface area (Å²) in [6, 6.07) is 3.70. The molecule has 3 atom stereocenters. The molecule has 0 amide bonds. The zero-order chi connectivity index (χ0) is 13.8. The molecule has 0 radical (unpaired) electrons. The lowest BCUT2D eigenvalue weighted by Gasteiger charge is -2.30. The van der Waals surface area contributed by atoms with Crippen LogP contribution in [0.3, 0.4) is 0 Å². The van der Waals surface area contributed by atoms with Crippen molar-refractivity contribution in [3.63, 3.8) is 0 Å². The van der Waals surface area contributed by atoms with E-state index in [0.29, 0.717) is 5.56 Å². The Balaban J connectivity index is 2.10. The minimum Gasteiger partial charge on any atom is -0.249 e. The number of sulfone groups is 1. The third-order valence-corrected chi connectivity index (χ3v) is 5.47. The fourth-order valence-corrected chi connectivity index (χ4v) is 4.69. The van der Waals surface area contributed by atoms with Crippen LogP contribution >= 0.6 is 0 Å². The van der Waals surface area contributed by atoms with Crippen molar-refractivity contribution in [1.82, 2.24) is 10.9 Å². The van der Waals surface area contributed by atoms with E-state index in [4.69, 9.17) is 0 Å². The SMILES string of the molecule is O=S1(=O)CC2C(NNC2C(F)(F)F)c2ccccc21. The number of benzene rings is 1. The Kier molecular flexibility index (Phi) is 2.67. The average molecular weight is 292 g/mol. The molecule has 104 valence electrons. The number of nitrogens with one attached hydrogen (secondary N) is 2. The van der Waals surface area contributed by atoms with Gasteiger partial charge in [-0.1, -0.05) is 18.2 Å². The molecule has 3 unspecified atom stereocenters. The Labute approximate surface area is 107 Å². The second-order valence-corrected chi connectivity index (χ2v) is 6.77. The van der Waals surface area contributed by atoms with Crippen molar-refractivity contribution in [3.8, 4) is 0 Å². The molecule has 3 rings (SSSR count). The molecule has 1 fully saturated rings. The van der Waals surface area contributed by atoms with Gasteiger partial charge in [-0.2, -0.15) is 13.2 Å². The molecule has 2 heterocycles. The summed E-state index contributed by atoms with van der Waals surface area (Å²) < 4.78 is 62.7. The molecule has 0 aromatic heterocycles. The molecule has 1 aromatic carbocycles. The van der Waals surface area contributed by atoms with Crippen LogP contribution in [0.25, 0.3) is 0 Å². The summed E-state index contributed by atoms with van der Waals surface area (Å²) in [5.74, 6) is -1.54. The van der Waals surface area contributed by atoms with Gasteiger partial charge >= 0.3 is 6.18 Å². The summed E-state index contributed by atoms with van der Waals surface area (Å²) in [7, 11) is -3.67. The highest BCUT2D eigenvalue weighted by Gasteiger charge is 2.55. The first-order chi connectivity index (χ1) is 8.81. The van der Waals surface area contributed by atoms with Crippen LogP contribution in [0, 0.1) is 5.92 Å². The van der Waals surface area contributed by atoms with Crippen molar-refractivity contribution < 1.29 is 21.6 Å². The van der Waals surface area contributed by atoms with E-state index < -0.39 is 39.8 Å². The smallest absolute Gasteiger partial charge is 0.249 e. The minimum atomic E-state index is -4.48. The molecule has 2 N–H and O–H groups in total. The molecule has 1 aromatic rings. The van der Waals surface area contributed by atoms with Crippen molar-refractivity contribution in [3.05, 3.63) is 29.8 Å². The van der Waals surface area contributed by atoms with E-state index in [0.717, 1.165) is 0 Å². The molecule has 0 aliphatic carbocycles. The van der Waals surface area contributed by atoms with E-state index in [9.17, 15) is 21.6 Å². The van der Waals surface area contributed by atoms with Gasteiger partial charge < -0.3 is 0 Å². The average Bonchev–Trinajstić information content (AvgIpc) is 2.71. The van der Waals surface area contributed by atoms with Crippen molar-refractivity contribution in [2.75, 3.05) is 5.75 Å². The molecule has 0 saturated carbocycles. The Morgan fingerprint density at radius 3 is 2.53 bits per heavy atom. The number of hydrogen-bond donors (Lipinski definition) is 2. The summed E-state index contributed by atoms with van der Waals surface area (Å²) in [5.41, 5.74) is 5.15. The molecular weight excluding hydrogens is 281 g/mol. The van der Waals surface area contributed by atoms with Gasteiger partial charge in [0, 0.05) is 5.92 Å². The first-order valence-electron chi connectivity index (χ1n) is 5.70. The third kappa shape index (κ3) is 1.94. The number of fused-ring (bicyclic) bond motifs is 3. The normalized spacial score (nSPS) is 32.7. The van der Waals surface area contributed by atoms with Crippen LogP contribution in [0.15, 0.2) is 29.2 Å². The molecule has 0 spiro atoms. The second-order valence-electron chi connectivity index (χ2n) is 4.77. The predicted molar refractivity (Wildman–Crippen MR) is 60.8 cm³/mol. The monoisotopic (exact) mass is 292 g/mol. The summed E-state index contributed by atoms with van der Waals surface area (Å²) in [6.07, 6.45) is -4.48. The largest absolute Gasteiger partial charge is 0.405 e. The maximum Gasteiger partial charge on any atom is 0.405 e. The second kappa shape index (κ2) is 3.94. The van der Waals surface area contributed by atoms with Gasteiger partial charge in [0.1, 0.15) is 6.04 Å². The Morgan fingerprint density at radius 2 is 1.84 bits per heavy atom. The van der Waals surface area contributed by atoms with Crippen molar-refractivity contribution >= 4 is 9.84 Å². The van der Waals surface area contributed by atoms with E-state index in [-0.39, 0.29) is 4.90 Å². The number of hydrazine groups is 1. The third-order valence-electron chi connectivity index (χ3n) is 3.60. The Hall–Kier alpha value is -1.12. The predicted octanol–water partition coefficient (Wildman–Crippen LogP) is 1.17. The van der Waals surface area contributed by atoms with Gasteiger partial charge in [0.2, 0.25) is 0 Å². The Morgan fingerprint density at radius 1 is 1.16 bits per heavy atom. The van der Waals surface area contributed by atoms with Gasteiger partial charge in [0.25, 0.3) is 0 Å². The minimum absolute atomic E-state index is 0.119. The highest BCUT2D eigenvalue weighted by Crippen LogP contribution is 2.43. The zero-order valence-electron chi connectivity index (χ0n) is 9.61. The number of hydrogen-bond acceptors (Lipinski definition) is 4. The van der Waals surface area contributed by atoms with Crippen LogP contribution in [0.4, 0.5) is 13.2 Å². The highest BCUT2D eigenvalue weighted by molar-refractivity contribution is 7.91. The Bertz CT molecular complexity index is 615. The molecule has 19 heavy (non-hydrogen) atoms. The summed E-state index contributed by atoms with van der Waals surface area (Å²) in [6.45, 7) is 0. The summed E-state index contributed by atoms with van der Waals surface area (Å²) >= 11 is 0. The van der Waals surface area contributed by atoms with Crippen LogP contribution in [0.5, 0.6) is 0 Å². The number of halogens is 3. The first-order valence-corrected chi connectivity index (χ1v) is 7.35. The first kappa shape index (κ1) is 12.9. The molecular formula is C11H11F3N2O2S. The lowest BCUT2D eigenvalue weighted by atomic mass is 9.90. The van der Waals surface area contributed by atoms with E-state index in [2.05, 4.69) is 10.9 Å².